The van der Waals surface area contributed by atoms with E-state index >= 15 is 0 Å². The summed E-state index contributed by atoms with van der Waals surface area (Å²) in [4.78, 5) is 15.7. The van der Waals surface area contributed by atoms with Crippen molar-refractivity contribution in [3.8, 4) is 0 Å². The number of carboxylic acid groups (broad SMARTS) is 1. The predicted octanol–water partition coefficient (Wildman–Crippen LogP) is 1.42. The van der Waals surface area contributed by atoms with Gasteiger partial charge in [-0.25, -0.2) is 4.98 Å². The van der Waals surface area contributed by atoms with Crippen molar-refractivity contribution in [2.75, 3.05) is 0 Å². The van der Waals surface area contributed by atoms with Crippen LogP contribution in [0.1, 0.15) is 24.3 Å². The minimum atomic E-state index is -0.864. The maximum atomic E-state index is 11.5. The Hall–Kier alpha value is -0.940. The van der Waals surface area contributed by atoms with Gasteiger partial charge in [0, 0.05) is 11.6 Å². The van der Waals surface area contributed by atoms with E-state index in [0.29, 0.717) is 11.4 Å². The van der Waals surface area contributed by atoms with Crippen molar-refractivity contribution >= 4 is 17.3 Å². The normalized spacial score (nSPS) is 38.4. The molecule has 3 heterocycles. The van der Waals surface area contributed by atoms with Crippen molar-refractivity contribution in [3.63, 3.8) is 0 Å². The SMILES string of the molecule is O=C(O)C1(c2nccs2)CC2CCC1O2. The predicted molar refractivity (Wildman–Crippen MR) is 53.9 cm³/mol. The van der Waals surface area contributed by atoms with Gasteiger partial charge in [-0.05, 0) is 19.3 Å². The van der Waals surface area contributed by atoms with Crippen molar-refractivity contribution in [1.82, 2.24) is 4.98 Å². The Balaban J connectivity index is 2.08. The van der Waals surface area contributed by atoms with Crippen LogP contribution in [0, 0.1) is 0 Å². The van der Waals surface area contributed by atoms with Crippen molar-refractivity contribution in [2.24, 2.45) is 0 Å². The van der Waals surface area contributed by atoms with Crippen molar-refractivity contribution in [1.29, 1.82) is 0 Å². The summed E-state index contributed by atoms with van der Waals surface area (Å²) in [5, 5.41) is 12.0. The van der Waals surface area contributed by atoms with Gasteiger partial charge in [0.05, 0.1) is 12.2 Å². The van der Waals surface area contributed by atoms with Crippen LogP contribution < -0.4 is 0 Å². The van der Waals surface area contributed by atoms with Crippen LogP contribution in [0.25, 0.3) is 0 Å². The van der Waals surface area contributed by atoms with Crippen LogP contribution in [0.5, 0.6) is 0 Å². The molecule has 0 aliphatic carbocycles. The Kier molecular flexibility index (Phi) is 1.87. The standard InChI is InChI=1S/C10H11NO3S/c12-9(13)10(8-11-3-4-15-8)5-6-1-2-7(10)14-6/h3-4,6-7H,1-2,5H2,(H,12,13). The van der Waals surface area contributed by atoms with Crippen molar-refractivity contribution in [3.05, 3.63) is 16.6 Å². The van der Waals surface area contributed by atoms with E-state index in [-0.39, 0.29) is 12.2 Å². The largest absolute Gasteiger partial charge is 0.480 e. The second-order valence-corrected chi connectivity index (χ2v) is 5.04. The summed E-state index contributed by atoms with van der Waals surface area (Å²) in [6, 6.07) is 0. The molecule has 15 heavy (non-hydrogen) atoms. The summed E-state index contributed by atoms with van der Waals surface area (Å²) in [7, 11) is 0. The van der Waals surface area contributed by atoms with E-state index < -0.39 is 11.4 Å². The zero-order chi connectivity index (χ0) is 10.5. The molecule has 80 valence electrons. The van der Waals surface area contributed by atoms with Gasteiger partial charge < -0.3 is 9.84 Å². The summed E-state index contributed by atoms with van der Waals surface area (Å²) in [5.41, 5.74) is -0.864. The Morgan fingerprint density at radius 3 is 3.00 bits per heavy atom. The van der Waals surface area contributed by atoms with Gasteiger partial charge >= 0.3 is 5.97 Å². The van der Waals surface area contributed by atoms with E-state index in [2.05, 4.69) is 4.98 Å². The first-order valence-corrected chi connectivity index (χ1v) is 5.90. The van der Waals surface area contributed by atoms with Crippen molar-refractivity contribution < 1.29 is 14.6 Å². The van der Waals surface area contributed by atoms with Gasteiger partial charge in [0.25, 0.3) is 0 Å². The highest BCUT2D eigenvalue weighted by Crippen LogP contribution is 2.50. The minimum absolute atomic E-state index is 0.120. The van der Waals surface area contributed by atoms with Gasteiger partial charge in [0.1, 0.15) is 10.4 Å². The molecule has 2 aliphatic heterocycles. The van der Waals surface area contributed by atoms with Crippen LogP contribution in [-0.2, 0) is 14.9 Å². The molecule has 3 unspecified atom stereocenters. The monoisotopic (exact) mass is 225 g/mol. The zero-order valence-corrected chi connectivity index (χ0v) is 8.87. The lowest BCUT2D eigenvalue weighted by atomic mass is 9.74. The third kappa shape index (κ3) is 1.10. The fourth-order valence-corrected chi connectivity index (χ4v) is 3.58. The summed E-state index contributed by atoms with van der Waals surface area (Å²) >= 11 is 1.42. The van der Waals surface area contributed by atoms with Gasteiger partial charge in [-0.1, -0.05) is 0 Å². The number of hydrogen-bond donors (Lipinski definition) is 1. The number of carboxylic acids is 1. The molecule has 4 nitrogen and oxygen atoms in total. The number of aromatic nitrogens is 1. The van der Waals surface area contributed by atoms with E-state index in [0.717, 1.165) is 12.8 Å². The molecule has 3 rings (SSSR count). The van der Waals surface area contributed by atoms with Crippen LogP contribution in [0.2, 0.25) is 0 Å². The number of ether oxygens (including phenoxy) is 1. The zero-order valence-electron chi connectivity index (χ0n) is 8.05. The molecule has 0 aromatic carbocycles. The van der Waals surface area contributed by atoms with Crippen LogP contribution in [0.4, 0.5) is 0 Å². The van der Waals surface area contributed by atoms with Crippen LogP contribution in [0.3, 0.4) is 0 Å². The fraction of sp³-hybridized carbons (Fsp3) is 0.600. The first-order chi connectivity index (χ1) is 7.23. The molecule has 5 heteroatoms. The molecule has 0 saturated carbocycles. The van der Waals surface area contributed by atoms with E-state index in [1.165, 1.54) is 11.3 Å². The second kappa shape index (κ2) is 3.02. The molecule has 2 saturated heterocycles. The Labute approximate surface area is 90.9 Å². The number of nitrogens with zero attached hydrogens (tertiary/aromatic N) is 1. The first-order valence-electron chi connectivity index (χ1n) is 5.02. The Morgan fingerprint density at radius 2 is 2.53 bits per heavy atom. The second-order valence-electron chi connectivity index (χ2n) is 4.14. The van der Waals surface area contributed by atoms with Crippen LogP contribution in [0.15, 0.2) is 11.6 Å². The number of fused-ring (bicyclic) bond motifs is 2. The minimum Gasteiger partial charge on any atom is -0.480 e. The molecule has 2 fully saturated rings. The highest BCUT2D eigenvalue weighted by atomic mass is 32.1. The van der Waals surface area contributed by atoms with Crippen molar-refractivity contribution in [2.45, 2.75) is 36.9 Å². The lowest BCUT2D eigenvalue weighted by molar-refractivity contribution is -0.146. The van der Waals surface area contributed by atoms with Gasteiger partial charge in [0.15, 0.2) is 0 Å². The Bertz CT molecular complexity index is 391. The molecule has 1 aromatic heterocycles. The smallest absolute Gasteiger partial charge is 0.319 e. The molecule has 2 aliphatic rings. The quantitative estimate of drug-likeness (QED) is 0.826. The lowest BCUT2D eigenvalue weighted by Crippen LogP contribution is -2.44. The lowest BCUT2D eigenvalue weighted by Gasteiger charge is -2.28. The van der Waals surface area contributed by atoms with E-state index in [1.807, 2.05) is 5.38 Å². The molecule has 1 aromatic rings. The topological polar surface area (TPSA) is 59.4 Å². The summed E-state index contributed by atoms with van der Waals surface area (Å²) in [6.45, 7) is 0. The number of aliphatic carboxylic acids is 1. The van der Waals surface area contributed by atoms with Crippen LogP contribution >= 0.6 is 11.3 Å². The molecular weight excluding hydrogens is 214 g/mol. The highest BCUT2D eigenvalue weighted by Gasteiger charge is 2.60. The number of hydrogen-bond acceptors (Lipinski definition) is 4. The summed E-state index contributed by atoms with van der Waals surface area (Å²) in [5.74, 6) is -0.787. The molecular formula is C10H11NO3S. The summed E-state index contributed by atoms with van der Waals surface area (Å²) < 4.78 is 5.66. The van der Waals surface area contributed by atoms with Gasteiger partial charge in [-0.15, -0.1) is 11.3 Å². The summed E-state index contributed by atoms with van der Waals surface area (Å²) in [6.07, 6.45) is 4.03. The van der Waals surface area contributed by atoms with E-state index in [1.54, 1.807) is 6.20 Å². The van der Waals surface area contributed by atoms with Crippen LogP contribution in [-0.4, -0.2) is 28.3 Å². The number of carbonyl (C=O) groups is 1. The van der Waals surface area contributed by atoms with E-state index in [4.69, 9.17) is 4.74 Å². The molecule has 2 bridgehead atoms. The van der Waals surface area contributed by atoms with E-state index in [9.17, 15) is 9.90 Å². The van der Waals surface area contributed by atoms with Gasteiger partial charge in [-0.3, -0.25) is 4.79 Å². The highest BCUT2D eigenvalue weighted by molar-refractivity contribution is 7.09. The molecule has 3 atom stereocenters. The van der Waals surface area contributed by atoms with Gasteiger partial charge in [0.2, 0.25) is 0 Å². The first kappa shape index (κ1) is 9.30. The Morgan fingerprint density at radius 1 is 1.67 bits per heavy atom. The third-order valence-corrected chi connectivity index (χ3v) is 4.35. The third-order valence-electron chi connectivity index (χ3n) is 3.40. The maximum absolute atomic E-state index is 11.5. The average molecular weight is 225 g/mol. The van der Waals surface area contributed by atoms with Gasteiger partial charge in [-0.2, -0.15) is 0 Å². The maximum Gasteiger partial charge on any atom is 0.319 e. The molecule has 0 amide bonds. The number of rotatable bonds is 2. The number of thiazole rings is 1. The molecule has 0 radical (unpaired) electrons. The fourth-order valence-electron chi connectivity index (χ4n) is 2.69. The molecule has 0 spiro atoms. The molecule has 1 N–H and O–H groups in total. The average Bonchev–Trinajstić information content (AvgIpc) is 2.93.